The molecule has 4 rings (SSSR count). The Balaban J connectivity index is 1.41. The van der Waals surface area contributed by atoms with Crippen molar-refractivity contribution in [1.82, 2.24) is 15.0 Å². The minimum Gasteiger partial charge on any atom is -0.481 e. The molecular weight excluding hydrogens is 380 g/mol. The number of benzene rings is 1. The summed E-state index contributed by atoms with van der Waals surface area (Å²) in [6, 6.07) is 12.8. The van der Waals surface area contributed by atoms with E-state index in [2.05, 4.69) is 30.5 Å². The first-order valence-electron chi connectivity index (χ1n) is 9.90. The number of pyridine rings is 1. The molecule has 2 N–H and O–H groups in total. The molecule has 1 aliphatic rings. The summed E-state index contributed by atoms with van der Waals surface area (Å²) in [7, 11) is 1.54. The van der Waals surface area contributed by atoms with Crippen LogP contribution >= 0.6 is 0 Å². The van der Waals surface area contributed by atoms with E-state index in [-0.39, 0.29) is 5.91 Å². The molecule has 3 heterocycles. The van der Waals surface area contributed by atoms with E-state index < -0.39 is 0 Å². The van der Waals surface area contributed by atoms with Crippen molar-refractivity contribution < 1.29 is 9.53 Å². The second kappa shape index (κ2) is 8.77. The Bertz CT molecular complexity index is 1010. The molecule has 0 radical (unpaired) electrons. The van der Waals surface area contributed by atoms with Gasteiger partial charge in [-0.25, -0.2) is 15.0 Å². The zero-order chi connectivity index (χ0) is 20.9. The number of aromatic nitrogens is 3. The average molecular weight is 404 g/mol. The van der Waals surface area contributed by atoms with Crippen LogP contribution in [0.5, 0.6) is 5.88 Å². The zero-order valence-corrected chi connectivity index (χ0v) is 17.1. The molecule has 0 unspecified atom stereocenters. The number of nitrogens with one attached hydrogen (secondary N) is 2. The number of hydrogen-bond acceptors (Lipinski definition) is 7. The maximum absolute atomic E-state index is 12.4. The Morgan fingerprint density at radius 3 is 2.43 bits per heavy atom. The average Bonchev–Trinajstić information content (AvgIpc) is 3.30. The van der Waals surface area contributed by atoms with Crippen molar-refractivity contribution in [3.63, 3.8) is 0 Å². The molecule has 1 saturated heterocycles. The second-order valence-corrected chi connectivity index (χ2v) is 7.10. The minimum absolute atomic E-state index is 0.229. The van der Waals surface area contributed by atoms with Gasteiger partial charge in [0.1, 0.15) is 17.5 Å². The van der Waals surface area contributed by atoms with Gasteiger partial charge >= 0.3 is 0 Å². The fraction of sp³-hybridized carbons (Fsp3) is 0.273. The Morgan fingerprint density at radius 1 is 1.03 bits per heavy atom. The smallest absolute Gasteiger partial charge is 0.257 e. The van der Waals surface area contributed by atoms with Crippen molar-refractivity contribution in [2.75, 3.05) is 35.7 Å². The lowest BCUT2D eigenvalue weighted by molar-refractivity contribution is 0.102. The summed E-state index contributed by atoms with van der Waals surface area (Å²) in [4.78, 5) is 27.7. The number of rotatable bonds is 6. The Hall–Kier alpha value is -3.68. The van der Waals surface area contributed by atoms with Crippen molar-refractivity contribution in [2.45, 2.75) is 19.8 Å². The van der Waals surface area contributed by atoms with Gasteiger partial charge in [0.25, 0.3) is 5.91 Å². The van der Waals surface area contributed by atoms with Gasteiger partial charge in [-0.3, -0.25) is 4.79 Å². The van der Waals surface area contributed by atoms with Gasteiger partial charge in [-0.05, 0) is 50.1 Å². The molecule has 154 valence electrons. The molecule has 8 nitrogen and oxygen atoms in total. The quantitative estimate of drug-likeness (QED) is 0.646. The highest BCUT2D eigenvalue weighted by atomic mass is 16.5. The van der Waals surface area contributed by atoms with Crippen molar-refractivity contribution in [1.29, 1.82) is 0 Å². The SMILES string of the molecule is COc1ccc(C(=O)Nc2ccc(Nc3cc(N4CCCC4)nc(C)n3)cc2)cn1. The van der Waals surface area contributed by atoms with Gasteiger partial charge in [0.2, 0.25) is 5.88 Å². The van der Waals surface area contributed by atoms with Crippen LogP contribution in [0.25, 0.3) is 0 Å². The fourth-order valence-electron chi connectivity index (χ4n) is 3.35. The standard InChI is InChI=1S/C22H24N6O2/c1-15-24-19(13-20(25-15)28-11-3-4-12-28)26-17-6-8-18(9-7-17)27-22(29)16-5-10-21(30-2)23-14-16/h5-10,13-14H,3-4,11-12H2,1-2H3,(H,27,29)(H,24,25,26). The summed E-state index contributed by atoms with van der Waals surface area (Å²) in [5.74, 6) is 2.69. The first kappa shape index (κ1) is 19.6. The normalized spacial score (nSPS) is 13.2. The van der Waals surface area contributed by atoms with E-state index in [1.165, 1.54) is 26.1 Å². The largest absolute Gasteiger partial charge is 0.481 e. The van der Waals surface area contributed by atoms with Crippen LogP contribution < -0.4 is 20.3 Å². The third-order valence-electron chi connectivity index (χ3n) is 4.88. The van der Waals surface area contributed by atoms with Crippen molar-refractivity contribution in [3.8, 4) is 5.88 Å². The zero-order valence-electron chi connectivity index (χ0n) is 17.1. The molecule has 0 bridgehead atoms. The Labute approximate surface area is 175 Å². The lowest BCUT2D eigenvalue weighted by Crippen LogP contribution is -2.19. The number of anilines is 4. The van der Waals surface area contributed by atoms with Gasteiger partial charge in [0.15, 0.2) is 0 Å². The number of nitrogens with zero attached hydrogens (tertiary/aromatic N) is 4. The molecule has 3 aromatic rings. The van der Waals surface area contributed by atoms with Crippen LogP contribution in [0.2, 0.25) is 0 Å². The summed E-state index contributed by atoms with van der Waals surface area (Å²) in [5, 5.41) is 6.18. The number of ether oxygens (including phenoxy) is 1. The van der Waals surface area contributed by atoms with E-state index in [0.29, 0.717) is 17.1 Å². The maximum atomic E-state index is 12.4. The highest BCUT2D eigenvalue weighted by molar-refractivity contribution is 6.04. The molecule has 0 saturated carbocycles. The number of carbonyl (C=O) groups excluding carboxylic acids is 1. The molecule has 0 aliphatic carbocycles. The second-order valence-electron chi connectivity index (χ2n) is 7.10. The van der Waals surface area contributed by atoms with Gasteiger partial charge in [-0.1, -0.05) is 0 Å². The number of aryl methyl sites for hydroxylation is 1. The summed E-state index contributed by atoms with van der Waals surface area (Å²) < 4.78 is 5.01. The molecule has 1 aromatic carbocycles. The third-order valence-corrected chi connectivity index (χ3v) is 4.88. The molecule has 1 amide bonds. The topological polar surface area (TPSA) is 92.3 Å². The first-order valence-corrected chi connectivity index (χ1v) is 9.90. The van der Waals surface area contributed by atoms with Gasteiger partial charge in [0.05, 0.1) is 12.7 Å². The van der Waals surface area contributed by atoms with E-state index in [9.17, 15) is 4.79 Å². The number of carbonyl (C=O) groups is 1. The monoisotopic (exact) mass is 404 g/mol. The van der Waals surface area contributed by atoms with Crippen LogP contribution in [0.4, 0.5) is 23.0 Å². The Morgan fingerprint density at radius 2 is 1.77 bits per heavy atom. The number of methoxy groups -OCH3 is 1. The number of hydrogen-bond donors (Lipinski definition) is 2. The van der Waals surface area contributed by atoms with Crippen LogP contribution in [-0.2, 0) is 0 Å². The lowest BCUT2D eigenvalue weighted by atomic mass is 10.2. The molecule has 8 heteroatoms. The Kier molecular flexibility index (Phi) is 5.74. The summed E-state index contributed by atoms with van der Waals surface area (Å²) in [5.41, 5.74) is 2.03. The molecular formula is C22H24N6O2. The summed E-state index contributed by atoms with van der Waals surface area (Å²) in [6.45, 7) is 3.97. The fourth-order valence-corrected chi connectivity index (χ4v) is 3.35. The van der Waals surface area contributed by atoms with Gasteiger partial charge in [-0.15, -0.1) is 0 Å². The van der Waals surface area contributed by atoms with Crippen LogP contribution in [-0.4, -0.2) is 41.1 Å². The van der Waals surface area contributed by atoms with E-state index in [1.807, 2.05) is 37.3 Å². The molecule has 2 aromatic heterocycles. The maximum Gasteiger partial charge on any atom is 0.257 e. The predicted octanol–water partition coefficient (Wildman–Crippen LogP) is 3.78. The highest BCUT2D eigenvalue weighted by Gasteiger charge is 2.15. The predicted molar refractivity (Wildman–Crippen MR) is 117 cm³/mol. The third kappa shape index (κ3) is 4.65. The van der Waals surface area contributed by atoms with Crippen LogP contribution in [0.15, 0.2) is 48.7 Å². The van der Waals surface area contributed by atoms with E-state index in [0.717, 1.165) is 36.2 Å². The van der Waals surface area contributed by atoms with Crippen molar-refractivity contribution >= 4 is 28.9 Å². The molecule has 0 atom stereocenters. The first-order chi connectivity index (χ1) is 14.6. The molecule has 1 fully saturated rings. The summed E-state index contributed by atoms with van der Waals surface area (Å²) in [6.07, 6.45) is 3.89. The van der Waals surface area contributed by atoms with Crippen molar-refractivity contribution in [3.05, 3.63) is 60.0 Å². The number of amides is 1. The highest BCUT2D eigenvalue weighted by Crippen LogP contribution is 2.23. The van der Waals surface area contributed by atoms with Crippen molar-refractivity contribution in [2.24, 2.45) is 0 Å². The van der Waals surface area contributed by atoms with Gasteiger partial charge in [0, 0.05) is 42.8 Å². The molecule has 0 spiro atoms. The van der Waals surface area contributed by atoms with E-state index >= 15 is 0 Å². The lowest BCUT2D eigenvalue weighted by Gasteiger charge is -2.18. The van der Waals surface area contributed by atoms with Crippen LogP contribution in [0, 0.1) is 6.92 Å². The minimum atomic E-state index is -0.229. The van der Waals surface area contributed by atoms with Crippen LogP contribution in [0.1, 0.15) is 29.0 Å². The van der Waals surface area contributed by atoms with Gasteiger partial charge < -0.3 is 20.3 Å². The van der Waals surface area contributed by atoms with Crippen LogP contribution in [0.3, 0.4) is 0 Å². The van der Waals surface area contributed by atoms with E-state index in [4.69, 9.17) is 4.74 Å². The summed E-state index contributed by atoms with van der Waals surface area (Å²) >= 11 is 0. The molecule has 1 aliphatic heterocycles. The van der Waals surface area contributed by atoms with Gasteiger partial charge in [-0.2, -0.15) is 0 Å². The van der Waals surface area contributed by atoms with E-state index in [1.54, 1.807) is 12.1 Å². The molecule has 30 heavy (non-hydrogen) atoms.